The lowest BCUT2D eigenvalue weighted by molar-refractivity contribution is -0.190. The highest BCUT2D eigenvalue weighted by Gasteiger charge is 2.48. The third kappa shape index (κ3) is 4.00. The van der Waals surface area contributed by atoms with Crippen LogP contribution < -0.4 is 4.74 Å². The molecule has 3 rings (SSSR count). The molecule has 1 amide bonds. The van der Waals surface area contributed by atoms with Crippen LogP contribution in [0.1, 0.15) is 19.3 Å². The largest absolute Gasteiger partial charge is 0.478 e. The molecule has 126 valence electrons. The summed E-state index contributed by atoms with van der Waals surface area (Å²) >= 11 is 0. The summed E-state index contributed by atoms with van der Waals surface area (Å²) in [6.07, 6.45) is 4.78. The number of methoxy groups -OCH3 is 1. The molecule has 0 aliphatic carbocycles. The van der Waals surface area contributed by atoms with Crippen LogP contribution in [0.15, 0.2) is 24.4 Å². The van der Waals surface area contributed by atoms with Crippen molar-refractivity contribution < 1.29 is 19.0 Å². The molecule has 23 heavy (non-hydrogen) atoms. The van der Waals surface area contributed by atoms with Gasteiger partial charge >= 0.3 is 0 Å². The number of hydrogen-bond acceptors (Lipinski definition) is 5. The minimum absolute atomic E-state index is 0.0438. The quantitative estimate of drug-likeness (QED) is 0.795. The fourth-order valence-corrected chi connectivity index (χ4v) is 3.40. The molecule has 0 N–H and O–H groups in total. The SMILES string of the molecule is COCC(=O)N1CC2(C[C@H](CCOc3ccccn3)CCO2)C1. The van der Waals surface area contributed by atoms with E-state index in [1.54, 1.807) is 13.3 Å². The summed E-state index contributed by atoms with van der Waals surface area (Å²) in [6, 6.07) is 5.67. The van der Waals surface area contributed by atoms with Gasteiger partial charge in [-0.1, -0.05) is 6.07 Å². The molecule has 0 aromatic carbocycles. The van der Waals surface area contributed by atoms with E-state index in [1.165, 1.54) is 0 Å². The van der Waals surface area contributed by atoms with E-state index in [1.807, 2.05) is 23.1 Å². The minimum Gasteiger partial charge on any atom is -0.478 e. The molecule has 0 radical (unpaired) electrons. The second-order valence-corrected chi connectivity index (χ2v) is 6.38. The van der Waals surface area contributed by atoms with Crippen LogP contribution in [0.3, 0.4) is 0 Å². The Hall–Kier alpha value is -1.66. The van der Waals surface area contributed by atoms with Gasteiger partial charge in [-0.25, -0.2) is 4.98 Å². The lowest BCUT2D eigenvalue weighted by Crippen LogP contribution is -2.67. The van der Waals surface area contributed by atoms with Crippen molar-refractivity contribution in [1.29, 1.82) is 0 Å². The van der Waals surface area contributed by atoms with Crippen LogP contribution in [-0.4, -0.2) is 61.4 Å². The zero-order chi connectivity index (χ0) is 16.1. The van der Waals surface area contributed by atoms with Crippen LogP contribution in [0.25, 0.3) is 0 Å². The molecule has 6 heteroatoms. The van der Waals surface area contributed by atoms with Gasteiger partial charge in [-0.15, -0.1) is 0 Å². The van der Waals surface area contributed by atoms with Gasteiger partial charge in [-0.2, -0.15) is 0 Å². The highest BCUT2D eigenvalue weighted by Crippen LogP contribution is 2.38. The first-order valence-electron chi connectivity index (χ1n) is 8.15. The minimum atomic E-state index is -0.142. The zero-order valence-electron chi connectivity index (χ0n) is 13.6. The van der Waals surface area contributed by atoms with Gasteiger partial charge in [0.2, 0.25) is 11.8 Å². The summed E-state index contributed by atoms with van der Waals surface area (Å²) in [5.74, 6) is 1.30. The van der Waals surface area contributed by atoms with Crippen molar-refractivity contribution in [2.75, 3.05) is 40.0 Å². The molecule has 2 saturated heterocycles. The standard InChI is InChI=1S/C17H24N2O4/c1-21-11-16(20)19-12-17(13-19)10-14(6-9-23-17)5-8-22-15-4-2-3-7-18-15/h2-4,7,14H,5-6,8-13H2,1H3/t14-/m1/s1. The molecule has 1 aromatic rings. The summed E-state index contributed by atoms with van der Waals surface area (Å²) in [5, 5.41) is 0. The van der Waals surface area contributed by atoms with Gasteiger partial charge in [0.25, 0.3) is 0 Å². The third-order valence-electron chi connectivity index (χ3n) is 4.59. The van der Waals surface area contributed by atoms with E-state index < -0.39 is 0 Å². The maximum atomic E-state index is 11.8. The molecule has 0 saturated carbocycles. The number of amides is 1. The zero-order valence-corrected chi connectivity index (χ0v) is 13.6. The van der Waals surface area contributed by atoms with Crippen molar-refractivity contribution in [2.45, 2.75) is 24.9 Å². The smallest absolute Gasteiger partial charge is 0.248 e. The highest BCUT2D eigenvalue weighted by atomic mass is 16.5. The molecule has 3 heterocycles. The first kappa shape index (κ1) is 16.2. The maximum absolute atomic E-state index is 11.8. The number of hydrogen-bond donors (Lipinski definition) is 0. The highest BCUT2D eigenvalue weighted by molar-refractivity contribution is 5.78. The third-order valence-corrected chi connectivity index (χ3v) is 4.59. The Kier molecular flexibility index (Phi) is 5.13. The van der Waals surface area contributed by atoms with Crippen molar-refractivity contribution in [3.8, 4) is 5.88 Å². The summed E-state index contributed by atoms with van der Waals surface area (Å²) in [5.41, 5.74) is -0.142. The molecule has 2 aliphatic rings. The number of rotatable bonds is 6. The van der Waals surface area contributed by atoms with Gasteiger partial charge in [-0.3, -0.25) is 4.79 Å². The Morgan fingerprint density at radius 1 is 1.48 bits per heavy atom. The van der Waals surface area contributed by atoms with Gasteiger partial charge in [0, 0.05) is 26.0 Å². The van der Waals surface area contributed by atoms with E-state index in [9.17, 15) is 4.79 Å². The van der Waals surface area contributed by atoms with Gasteiger partial charge < -0.3 is 19.1 Å². The number of nitrogens with zero attached hydrogens (tertiary/aromatic N) is 2. The molecule has 1 aromatic heterocycles. The second-order valence-electron chi connectivity index (χ2n) is 6.38. The Morgan fingerprint density at radius 3 is 3.09 bits per heavy atom. The van der Waals surface area contributed by atoms with E-state index in [2.05, 4.69) is 4.98 Å². The predicted octanol–water partition coefficient (Wildman–Crippen LogP) is 1.50. The van der Waals surface area contributed by atoms with Crippen LogP contribution in [0.4, 0.5) is 0 Å². The van der Waals surface area contributed by atoms with Crippen molar-refractivity contribution in [2.24, 2.45) is 5.92 Å². The van der Waals surface area contributed by atoms with E-state index in [4.69, 9.17) is 14.2 Å². The molecule has 6 nitrogen and oxygen atoms in total. The lowest BCUT2D eigenvalue weighted by Gasteiger charge is -2.53. The van der Waals surface area contributed by atoms with Crippen molar-refractivity contribution in [3.63, 3.8) is 0 Å². The molecular formula is C17H24N2O4. The molecule has 2 aliphatic heterocycles. The van der Waals surface area contributed by atoms with E-state index in [-0.39, 0.29) is 18.1 Å². The Labute approximate surface area is 136 Å². The van der Waals surface area contributed by atoms with E-state index in [0.29, 0.717) is 31.5 Å². The molecule has 0 bridgehead atoms. The molecular weight excluding hydrogens is 296 g/mol. The molecule has 1 spiro atoms. The van der Waals surface area contributed by atoms with E-state index >= 15 is 0 Å². The summed E-state index contributed by atoms with van der Waals surface area (Å²) in [7, 11) is 1.54. The summed E-state index contributed by atoms with van der Waals surface area (Å²) in [6.45, 7) is 2.96. The van der Waals surface area contributed by atoms with Gasteiger partial charge in [0.15, 0.2) is 0 Å². The number of carbonyl (C=O) groups is 1. The first-order chi connectivity index (χ1) is 11.2. The second kappa shape index (κ2) is 7.27. The number of pyridine rings is 1. The number of likely N-dealkylation sites (tertiary alicyclic amines) is 1. The number of carbonyl (C=O) groups excluding carboxylic acids is 1. The van der Waals surface area contributed by atoms with Crippen LogP contribution in [0.2, 0.25) is 0 Å². The average Bonchev–Trinajstić information content (AvgIpc) is 2.54. The van der Waals surface area contributed by atoms with Gasteiger partial charge in [0.1, 0.15) is 12.2 Å². The topological polar surface area (TPSA) is 60.9 Å². The number of aromatic nitrogens is 1. The van der Waals surface area contributed by atoms with Crippen LogP contribution in [0, 0.1) is 5.92 Å². The molecule has 1 atom stereocenters. The normalized spacial score (nSPS) is 22.7. The fourth-order valence-electron chi connectivity index (χ4n) is 3.40. The average molecular weight is 320 g/mol. The van der Waals surface area contributed by atoms with Crippen LogP contribution in [-0.2, 0) is 14.3 Å². The van der Waals surface area contributed by atoms with Crippen LogP contribution >= 0.6 is 0 Å². The van der Waals surface area contributed by atoms with Gasteiger partial charge in [-0.05, 0) is 31.2 Å². The van der Waals surface area contributed by atoms with Gasteiger partial charge in [0.05, 0.1) is 19.7 Å². The predicted molar refractivity (Wildman–Crippen MR) is 84.2 cm³/mol. The monoisotopic (exact) mass is 320 g/mol. The van der Waals surface area contributed by atoms with E-state index in [0.717, 1.165) is 25.9 Å². The Balaban J connectivity index is 1.42. The van der Waals surface area contributed by atoms with Crippen molar-refractivity contribution in [3.05, 3.63) is 24.4 Å². The summed E-state index contributed by atoms with van der Waals surface area (Å²) in [4.78, 5) is 17.8. The maximum Gasteiger partial charge on any atom is 0.248 e. The molecule has 2 fully saturated rings. The Morgan fingerprint density at radius 2 is 2.35 bits per heavy atom. The van der Waals surface area contributed by atoms with Crippen molar-refractivity contribution >= 4 is 5.91 Å². The Bertz CT molecular complexity index is 517. The first-order valence-corrected chi connectivity index (χ1v) is 8.15. The fraction of sp³-hybridized carbons (Fsp3) is 0.647. The van der Waals surface area contributed by atoms with Crippen molar-refractivity contribution in [1.82, 2.24) is 9.88 Å². The summed E-state index contributed by atoms with van der Waals surface area (Å²) < 4.78 is 16.6. The lowest BCUT2D eigenvalue weighted by atomic mass is 9.79. The molecule has 0 unspecified atom stereocenters. The van der Waals surface area contributed by atoms with Crippen LogP contribution in [0.5, 0.6) is 5.88 Å². The number of ether oxygens (including phenoxy) is 3.